The van der Waals surface area contributed by atoms with E-state index in [2.05, 4.69) is 25.9 Å². The van der Waals surface area contributed by atoms with Crippen LogP contribution in [0.3, 0.4) is 0 Å². The van der Waals surface area contributed by atoms with Crippen molar-refractivity contribution in [1.82, 2.24) is 13.5 Å². The Morgan fingerprint density at radius 1 is 1.00 bits per heavy atom. The summed E-state index contributed by atoms with van der Waals surface area (Å²) in [4.78, 5) is 0. The maximum absolute atomic E-state index is 12.4. The van der Waals surface area contributed by atoms with E-state index in [-0.39, 0.29) is 0 Å². The Morgan fingerprint density at radius 3 is 1.83 bits per heavy atom. The number of aromatic nitrogens is 2. The van der Waals surface area contributed by atoms with Crippen molar-refractivity contribution in [2.45, 2.75) is 72.6 Å². The Morgan fingerprint density at radius 2 is 1.46 bits per heavy atom. The van der Waals surface area contributed by atoms with E-state index in [1.54, 1.807) is 14.1 Å². The number of unbranched alkanes of at least 4 members (excludes halogenated alkanes) is 3. The molecule has 1 rings (SSSR count). The van der Waals surface area contributed by atoms with Gasteiger partial charge in [0.05, 0.1) is 0 Å². The van der Waals surface area contributed by atoms with Crippen LogP contribution in [-0.4, -0.2) is 54.4 Å². The van der Waals surface area contributed by atoms with E-state index in [0.717, 1.165) is 0 Å². The first kappa shape index (κ1) is 22.0. The van der Waals surface area contributed by atoms with E-state index in [9.17, 15) is 8.42 Å². The van der Waals surface area contributed by atoms with Gasteiger partial charge in [-0.2, -0.15) is 0 Å². The summed E-state index contributed by atoms with van der Waals surface area (Å²) < 4.78 is 32.4. The third-order valence-corrected chi connectivity index (χ3v) is 21.9. The Labute approximate surface area is 152 Å². The molecule has 0 radical (unpaired) electrons. The molecule has 0 bridgehead atoms. The monoisotopic (exact) mass is 465 g/mol. The molecule has 0 aromatic carbocycles. The second kappa shape index (κ2) is 10.2. The maximum atomic E-state index is 12.4. The van der Waals surface area contributed by atoms with Crippen molar-refractivity contribution in [2.75, 3.05) is 14.1 Å². The number of nitrogens with zero attached hydrogens (tertiary/aromatic N) is 3. The van der Waals surface area contributed by atoms with Gasteiger partial charge in [0.15, 0.2) is 0 Å². The van der Waals surface area contributed by atoms with Gasteiger partial charge in [0, 0.05) is 0 Å². The van der Waals surface area contributed by atoms with Crippen LogP contribution in [0.1, 0.15) is 59.3 Å². The van der Waals surface area contributed by atoms with E-state index in [1.807, 2.05) is 12.4 Å². The van der Waals surface area contributed by atoms with E-state index in [4.69, 9.17) is 0 Å². The van der Waals surface area contributed by atoms with Gasteiger partial charge in [-0.05, 0) is 0 Å². The van der Waals surface area contributed by atoms with Crippen molar-refractivity contribution in [3.8, 4) is 0 Å². The third-order valence-electron chi connectivity index (χ3n) is 4.90. The van der Waals surface area contributed by atoms with Crippen molar-refractivity contribution in [3.63, 3.8) is 0 Å². The molecule has 1 aromatic rings. The van der Waals surface area contributed by atoms with Gasteiger partial charge in [-0.3, -0.25) is 0 Å². The van der Waals surface area contributed by atoms with Gasteiger partial charge in [-0.1, -0.05) is 0 Å². The summed E-state index contributed by atoms with van der Waals surface area (Å²) in [7, 11) is -0.397. The van der Waals surface area contributed by atoms with Crippen molar-refractivity contribution in [1.29, 1.82) is 0 Å². The molecule has 0 aliphatic carbocycles. The zero-order valence-electron chi connectivity index (χ0n) is 16.1. The fourth-order valence-electron chi connectivity index (χ4n) is 3.23. The molecule has 0 spiro atoms. The van der Waals surface area contributed by atoms with E-state index < -0.39 is 28.6 Å². The molecular formula is C17H35N3O2SSn. The van der Waals surface area contributed by atoms with Crippen LogP contribution >= 0.6 is 0 Å². The second-order valence-corrected chi connectivity index (χ2v) is 22.2. The van der Waals surface area contributed by atoms with Crippen LogP contribution in [0, 0.1) is 0 Å². The fraction of sp³-hybridized carbons (Fsp3) is 0.824. The molecule has 24 heavy (non-hydrogen) atoms. The minimum absolute atomic E-state index is 1.18. The first-order valence-electron chi connectivity index (χ1n) is 9.32. The van der Waals surface area contributed by atoms with Crippen LogP contribution in [0.2, 0.25) is 13.3 Å². The SMILES string of the molecule is CCC[CH2][Sn]([CH2]CCC)([CH2]CCC)[c]1cnn(S(=O)(=O)N(C)C)c1. The van der Waals surface area contributed by atoms with Gasteiger partial charge in [-0.15, -0.1) is 0 Å². The molecule has 0 aliphatic heterocycles. The number of hydrogen-bond donors (Lipinski definition) is 0. The van der Waals surface area contributed by atoms with E-state index in [0.29, 0.717) is 0 Å². The Bertz CT molecular complexity index is 563. The van der Waals surface area contributed by atoms with Crippen molar-refractivity contribution < 1.29 is 8.42 Å². The summed E-state index contributed by atoms with van der Waals surface area (Å²) in [6.07, 6.45) is 11.1. The molecule has 0 saturated carbocycles. The van der Waals surface area contributed by atoms with Crippen LogP contribution in [0.5, 0.6) is 0 Å². The van der Waals surface area contributed by atoms with Gasteiger partial charge in [0.25, 0.3) is 0 Å². The van der Waals surface area contributed by atoms with Gasteiger partial charge in [-0.25, -0.2) is 0 Å². The number of rotatable bonds is 12. The van der Waals surface area contributed by atoms with Crippen LogP contribution in [0.25, 0.3) is 0 Å². The molecule has 0 unspecified atom stereocenters. The third kappa shape index (κ3) is 5.46. The zero-order chi connectivity index (χ0) is 18.2. The molecule has 0 amide bonds. The van der Waals surface area contributed by atoms with Crippen molar-refractivity contribution in [2.24, 2.45) is 0 Å². The molecule has 1 heterocycles. The zero-order valence-corrected chi connectivity index (χ0v) is 19.8. The van der Waals surface area contributed by atoms with E-state index >= 15 is 0 Å². The molecule has 1 aromatic heterocycles. The van der Waals surface area contributed by atoms with Gasteiger partial charge >= 0.3 is 153 Å². The quantitative estimate of drug-likeness (QED) is 0.445. The van der Waals surface area contributed by atoms with Crippen LogP contribution in [0.15, 0.2) is 12.4 Å². The fourth-order valence-corrected chi connectivity index (χ4v) is 19.8. The second-order valence-electron chi connectivity index (χ2n) is 6.98. The summed E-state index contributed by atoms with van der Waals surface area (Å²) in [5.74, 6) is 0. The molecule has 0 saturated heterocycles. The minimum atomic E-state index is -3.51. The molecule has 0 atom stereocenters. The first-order valence-corrected chi connectivity index (χ1v) is 18.2. The first-order chi connectivity index (χ1) is 11.3. The molecule has 0 N–H and O–H groups in total. The average molecular weight is 464 g/mol. The van der Waals surface area contributed by atoms with E-state index in [1.165, 1.54) is 63.8 Å². The van der Waals surface area contributed by atoms with Crippen molar-refractivity contribution >= 4 is 32.2 Å². The van der Waals surface area contributed by atoms with Crippen LogP contribution in [-0.2, 0) is 10.2 Å². The van der Waals surface area contributed by atoms with Gasteiger partial charge < -0.3 is 0 Å². The molecule has 7 heteroatoms. The molecule has 0 aliphatic rings. The Balaban J connectivity index is 3.23. The van der Waals surface area contributed by atoms with Gasteiger partial charge in [0.1, 0.15) is 0 Å². The van der Waals surface area contributed by atoms with Crippen LogP contribution < -0.4 is 3.58 Å². The molecule has 140 valence electrons. The molecule has 5 nitrogen and oxygen atoms in total. The van der Waals surface area contributed by atoms with Crippen LogP contribution in [0.4, 0.5) is 0 Å². The standard InChI is InChI=1S/C5H8N3O2S.3C4H9.Sn/c1-7(2)11(9,10)8-5-3-4-6-8;3*1-3-4-2;/h4-5H,1-2H3;3*1,3-4H2,2H3;. The topological polar surface area (TPSA) is 55.2 Å². The predicted molar refractivity (Wildman–Crippen MR) is 105 cm³/mol. The predicted octanol–water partition coefficient (Wildman–Crippen LogP) is 3.59. The van der Waals surface area contributed by atoms with Crippen molar-refractivity contribution in [3.05, 3.63) is 12.4 Å². The summed E-state index contributed by atoms with van der Waals surface area (Å²) in [5.41, 5.74) is 0. The number of hydrogen-bond acceptors (Lipinski definition) is 3. The molecule has 0 fully saturated rings. The summed E-state index contributed by atoms with van der Waals surface area (Å²) in [6.45, 7) is 6.74. The van der Waals surface area contributed by atoms with Gasteiger partial charge in [0.2, 0.25) is 0 Å². The normalized spacial score (nSPS) is 12.9. The summed E-state index contributed by atoms with van der Waals surface area (Å²) in [5, 5.41) is 4.24. The summed E-state index contributed by atoms with van der Waals surface area (Å²) >= 11 is -2.59. The molecular weight excluding hydrogens is 429 g/mol. The Kier molecular flexibility index (Phi) is 9.30. The Hall–Kier alpha value is -0.0813. The summed E-state index contributed by atoms with van der Waals surface area (Å²) in [6, 6.07) is 0. The average Bonchev–Trinajstić information content (AvgIpc) is 3.05.